The molecule has 0 spiro atoms. The summed E-state index contributed by atoms with van der Waals surface area (Å²) in [4.78, 5) is 4.72. The molecule has 8 heteroatoms. The Labute approximate surface area is 168 Å². The first-order valence-electron chi connectivity index (χ1n) is 9.44. The number of rotatable bonds is 5. The predicted octanol–water partition coefficient (Wildman–Crippen LogP) is 1.94. The summed E-state index contributed by atoms with van der Waals surface area (Å²) in [6.45, 7) is 3.24. The third-order valence-electron chi connectivity index (χ3n) is 5.43. The molecule has 3 rings (SSSR count). The fourth-order valence-electron chi connectivity index (χ4n) is 3.84. The molecule has 1 atom stereocenters. The van der Waals surface area contributed by atoms with E-state index >= 15 is 0 Å². The van der Waals surface area contributed by atoms with Crippen molar-refractivity contribution in [2.45, 2.75) is 51.0 Å². The van der Waals surface area contributed by atoms with E-state index in [1.807, 2.05) is 0 Å². The Hall–Kier alpha value is -0.0900. The van der Waals surface area contributed by atoms with Crippen molar-refractivity contribution in [3.05, 3.63) is 0 Å². The zero-order chi connectivity index (χ0) is 16.8. The molecular formula is C17H32IN3O3S. The molecule has 0 aromatic rings. The molecule has 2 saturated heterocycles. The average molecular weight is 485 g/mol. The summed E-state index contributed by atoms with van der Waals surface area (Å²) in [7, 11) is -2.82. The van der Waals surface area contributed by atoms with Gasteiger partial charge >= 0.3 is 0 Å². The quantitative estimate of drug-likeness (QED) is 0.354. The number of hydrogen-bond acceptors (Lipinski definition) is 4. The topological polar surface area (TPSA) is 79.8 Å². The van der Waals surface area contributed by atoms with Gasteiger partial charge in [0.25, 0.3) is 0 Å². The van der Waals surface area contributed by atoms with Crippen LogP contribution in [0.3, 0.4) is 0 Å². The molecule has 3 fully saturated rings. The highest BCUT2D eigenvalue weighted by Gasteiger charge is 2.27. The molecule has 3 aliphatic rings. The molecule has 0 radical (unpaired) electrons. The standard InChI is InChI=1S/C17H31N3O3S.HI/c21-24(22)10-7-15(13-24)12-19-17(20-16-3-1-2-4-16)18-11-14-5-8-23-9-6-14;/h14-16H,1-13H2,(H2,18,19,20);1H. The first-order chi connectivity index (χ1) is 11.6. The molecule has 2 aliphatic heterocycles. The summed E-state index contributed by atoms with van der Waals surface area (Å²) >= 11 is 0. The Balaban J connectivity index is 0.00000225. The van der Waals surface area contributed by atoms with Crippen LogP contribution in [0, 0.1) is 11.8 Å². The number of aliphatic imine (C=N–C) groups is 1. The van der Waals surface area contributed by atoms with Gasteiger partial charge in [-0.25, -0.2) is 8.42 Å². The summed E-state index contributed by atoms with van der Waals surface area (Å²) in [6.07, 6.45) is 7.93. The Morgan fingerprint density at radius 1 is 1.04 bits per heavy atom. The van der Waals surface area contributed by atoms with Gasteiger partial charge in [-0.1, -0.05) is 12.8 Å². The largest absolute Gasteiger partial charge is 0.381 e. The Morgan fingerprint density at radius 2 is 1.76 bits per heavy atom. The summed E-state index contributed by atoms with van der Waals surface area (Å²) in [5, 5.41) is 7.05. The minimum atomic E-state index is -2.82. The van der Waals surface area contributed by atoms with E-state index in [-0.39, 0.29) is 29.9 Å². The lowest BCUT2D eigenvalue weighted by molar-refractivity contribution is 0.0675. The summed E-state index contributed by atoms with van der Waals surface area (Å²) in [5.74, 6) is 2.32. The predicted molar refractivity (Wildman–Crippen MR) is 111 cm³/mol. The number of hydrogen-bond donors (Lipinski definition) is 2. The normalized spacial score (nSPS) is 27.8. The monoisotopic (exact) mass is 485 g/mol. The molecule has 0 bridgehead atoms. The van der Waals surface area contributed by atoms with Crippen LogP contribution in [0.4, 0.5) is 0 Å². The molecule has 6 nitrogen and oxygen atoms in total. The Morgan fingerprint density at radius 3 is 2.40 bits per heavy atom. The zero-order valence-corrected chi connectivity index (χ0v) is 18.1. The second-order valence-corrected chi connectivity index (χ2v) is 9.75. The van der Waals surface area contributed by atoms with Gasteiger partial charge in [0.1, 0.15) is 0 Å². The molecule has 1 aliphatic carbocycles. The van der Waals surface area contributed by atoms with Crippen LogP contribution < -0.4 is 10.6 Å². The van der Waals surface area contributed by atoms with E-state index in [0.717, 1.165) is 45.0 Å². The summed E-state index contributed by atoms with van der Waals surface area (Å²) in [5.41, 5.74) is 0. The van der Waals surface area contributed by atoms with Gasteiger partial charge in [-0.2, -0.15) is 0 Å². The fraction of sp³-hybridized carbons (Fsp3) is 0.941. The van der Waals surface area contributed by atoms with Crippen molar-refractivity contribution < 1.29 is 13.2 Å². The SMILES string of the molecule is I.O=S1(=O)CCC(CN=C(NCC2CCOCC2)NC2CCCC2)C1. The third kappa shape index (κ3) is 7.21. The first-order valence-corrected chi connectivity index (χ1v) is 11.3. The maximum absolute atomic E-state index is 11.6. The molecule has 1 saturated carbocycles. The molecule has 0 aromatic carbocycles. The Kier molecular flexibility index (Phi) is 8.74. The lowest BCUT2D eigenvalue weighted by Gasteiger charge is -2.24. The van der Waals surface area contributed by atoms with Gasteiger partial charge in [-0.15, -0.1) is 24.0 Å². The molecular weight excluding hydrogens is 453 g/mol. The van der Waals surface area contributed by atoms with Crippen molar-refractivity contribution in [2.24, 2.45) is 16.8 Å². The van der Waals surface area contributed by atoms with E-state index in [1.54, 1.807) is 0 Å². The molecule has 0 amide bonds. The van der Waals surface area contributed by atoms with Crippen molar-refractivity contribution in [1.29, 1.82) is 0 Å². The fourth-order valence-corrected chi connectivity index (χ4v) is 5.69. The van der Waals surface area contributed by atoms with Crippen LogP contribution in [0.5, 0.6) is 0 Å². The number of halogens is 1. The van der Waals surface area contributed by atoms with Crippen LogP contribution in [-0.4, -0.2) is 58.2 Å². The summed E-state index contributed by atoms with van der Waals surface area (Å²) < 4.78 is 28.6. The van der Waals surface area contributed by atoms with E-state index in [1.165, 1.54) is 25.7 Å². The lowest BCUT2D eigenvalue weighted by Crippen LogP contribution is -2.45. The van der Waals surface area contributed by atoms with Gasteiger partial charge in [0.15, 0.2) is 15.8 Å². The van der Waals surface area contributed by atoms with E-state index in [4.69, 9.17) is 9.73 Å². The molecule has 25 heavy (non-hydrogen) atoms. The van der Waals surface area contributed by atoms with Crippen molar-refractivity contribution in [3.8, 4) is 0 Å². The highest BCUT2D eigenvalue weighted by Crippen LogP contribution is 2.20. The molecule has 0 aromatic heterocycles. The lowest BCUT2D eigenvalue weighted by atomic mass is 10.0. The van der Waals surface area contributed by atoms with Gasteiger partial charge in [0.05, 0.1) is 11.5 Å². The van der Waals surface area contributed by atoms with E-state index in [0.29, 0.717) is 30.0 Å². The minimum absolute atomic E-state index is 0. The number of nitrogens with zero attached hydrogens (tertiary/aromatic N) is 1. The van der Waals surface area contributed by atoms with Gasteiger partial charge in [0, 0.05) is 32.3 Å². The smallest absolute Gasteiger partial charge is 0.191 e. The average Bonchev–Trinajstić information content (AvgIpc) is 3.20. The number of guanidine groups is 1. The second-order valence-electron chi connectivity index (χ2n) is 7.52. The van der Waals surface area contributed by atoms with Crippen LogP contribution in [0.1, 0.15) is 44.9 Å². The van der Waals surface area contributed by atoms with Crippen LogP contribution in [0.15, 0.2) is 4.99 Å². The Bertz CT molecular complexity index is 529. The van der Waals surface area contributed by atoms with E-state index in [2.05, 4.69) is 10.6 Å². The second kappa shape index (κ2) is 10.3. The number of sulfone groups is 1. The van der Waals surface area contributed by atoms with Gasteiger partial charge in [0.2, 0.25) is 0 Å². The highest BCUT2D eigenvalue weighted by molar-refractivity contribution is 14.0. The van der Waals surface area contributed by atoms with E-state index < -0.39 is 9.84 Å². The van der Waals surface area contributed by atoms with Crippen molar-refractivity contribution >= 4 is 39.8 Å². The van der Waals surface area contributed by atoms with Crippen molar-refractivity contribution in [1.82, 2.24) is 10.6 Å². The van der Waals surface area contributed by atoms with Gasteiger partial charge < -0.3 is 15.4 Å². The maximum Gasteiger partial charge on any atom is 0.191 e. The van der Waals surface area contributed by atoms with Crippen LogP contribution in [0.2, 0.25) is 0 Å². The minimum Gasteiger partial charge on any atom is -0.381 e. The van der Waals surface area contributed by atoms with Crippen molar-refractivity contribution in [2.75, 3.05) is 37.8 Å². The maximum atomic E-state index is 11.6. The van der Waals surface area contributed by atoms with Crippen LogP contribution in [0.25, 0.3) is 0 Å². The third-order valence-corrected chi connectivity index (χ3v) is 7.27. The molecule has 2 N–H and O–H groups in total. The highest BCUT2D eigenvalue weighted by atomic mass is 127. The van der Waals surface area contributed by atoms with Crippen molar-refractivity contribution in [3.63, 3.8) is 0 Å². The van der Waals surface area contributed by atoms with Crippen LogP contribution >= 0.6 is 24.0 Å². The number of nitrogens with one attached hydrogen (secondary N) is 2. The summed E-state index contributed by atoms with van der Waals surface area (Å²) in [6, 6.07) is 0.512. The molecule has 1 unspecified atom stereocenters. The van der Waals surface area contributed by atoms with Crippen LogP contribution in [-0.2, 0) is 14.6 Å². The zero-order valence-electron chi connectivity index (χ0n) is 14.9. The number of ether oxygens (including phenoxy) is 1. The first kappa shape index (κ1) is 21.2. The van der Waals surface area contributed by atoms with E-state index in [9.17, 15) is 8.42 Å². The van der Waals surface area contributed by atoms with Gasteiger partial charge in [-0.05, 0) is 43.9 Å². The van der Waals surface area contributed by atoms with Gasteiger partial charge in [-0.3, -0.25) is 4.99 Å². The molecule has 2 heterocycles. The molecule has 146 valence electrons.